The molecule has 104 valence electrons. The fourth-order valence-electron chi connectivity index (χ4n) is 2.34. The number of carbonyl (C=O) groups is 1. The highest BCUT2D eigenvalue weighted by molar-refractivity contribution is 5.69. The summed E-state index contributed by atoms with van der Waals surface area (Å²) in [5.74, 6) is 0. The number of carbonyl (C=O) groups excluding carboxylic acids is 1. The van der Waals surface area contributed by atoms with Crippen LogP contribution in [-0.4, -0.2) is 47.9 Å². The smallest absolute Gasteiger partial charge is 0.410 e. The molecular formula is C13H23FN2O2. The average molecular weight is 258 g/mol. The Morgan fingerprint density at radius 2 is 2.00 bits per heavy atom. The minimum absolute atomic E-state index is 0.182. The van der Waals surface area contributed by atoms with Crippen LogP contribution in [0.2, 0.25) is 0 Å². The zero-order valence-corrected chi connectivity index (χ0v) is 11.4. The van der Waals surface area contributed by atoms with E-state index in [9.17, 15) is 9.18 Å². The van der Waals surface area contributed by atoms with Crippen LogP contribution in [0.4, 0.5) is 9.18 Å². The number of nitrogens with one attached hydrogen (secondary N) is 1. The number of ether oxygens (including phenoxy) is 1. The van der Waals surface area contributed by atoms with E-state index in [-0.39, 0.29) is 18.2 Å². The number of nitrogens with zero attached hydrogens (tertiary/aromatic N) is 1. The van der Waals surface area contributed by atoms with Crippen LogP contribution in [0, 0.1) is 0 Å². The van der Waals surface area contributed by atoms with Crippen molar-refractivity contribution in [2.45, 2.75) is 63.9 Å². The Balaban J connectivity index is 2.05. The second kappa shape index (κ2) is 5.03. The van der Waals surface area contributed by atoms with Crippen molar-refractivity contribution in [1.82, 2.24) is 10.2 Å². The molecule has 0 aromatic rings. The van der Waals surface area contributed by atoms with E-state index in [0.29, 0.717) is 13.0 Å². The molecule has 1 N–H and O–H groups in total. The Morgan fingerprint density at radius 3 is 2.50 bits per heavy atom. The van der Waals surface area contributed by atoms with Gasteiger partial charge >= 0.3 is 6.09 Å². The lowest BCUT2D eigenvalue weighted by Crippen LogP contribution is -2.54. The maximum Gasteiger partial charge on any atom is 0.410 e. The second-order valence-corrected chi connectivity index (χ2v) is 6.19. The van der Waals surface area contributed by atoms with E-state index in [1.54, 1.807) is 4.90 Å². The molecular weight excluding hydrogens is 235 g/mol. The number of piperidine rings is 1. The van der Waals surface area contributed by atoms with Crippen molar-refractivity contribution < 1.29 is 13.9 Å². The monoisotopic (exact) mass is 258 g/mol. The molecule has 1 heterocycles. The minimum atomic E-state index is -0.994. The third-order valence-electron chi connectivity index (χ3n) is 3.28. The van der Waals surface area contributed by atoms with Gasteiger partial charge in [-0.2, -0.15) is 0 Å². The average Bonchev–Trinajstić information content (AvgIpc) is 3.03. The van der Waals surface area contributed by atoms with Crippen molar-refractivity contribution >= 4 is 6.09 Å². The summed E-state index contributed by atoms with van der Waals surface area (Å²) in [6.45, 7) is 6.61. The van der Waals surface area contributed by atoms with Gasteiger partial charge in [-0.25, -0.2) is 9.18 Å². The number of rotatable bonds is 2. The van der Waals surface area contributed by atoms with Crippen molar-refractivity contribution in [3.8, 4) is 0 Å². The van der Waals surface area contributed by atoms with E-state index in [1.807, 2.05) is 20.8 Å². The molecule has 1 aliphatic carbocycles. The number of amides is 1. The summed E-state index contributed by atoms with van der Waals surface area (Å²) in [7, 11) is 0. The maximum atomic E-state index is 14.0. The molecule has 1 aliphatic heterocycles. The zero-order chi connectivity index (χ0) is 13.3. The molecule has 0 bridgehead atoms. The van der Waals surface area contributed by atoms with Crippen LogP contribution in [0.25, 0.3) is 0 Å². The van der Waals surface area contributed by atoms with Gasteiger partial charge in [0.25, 0.3) is 0 Å². The number of alkyl halides is 1. The van der Waals surface area contributed by atoms with Gasteiger partial charge in [-0.15, -0.1) is 0 Å². The largest absolute Gasteiger partial charge is 0.444 e. The summed E-state index contributed by atoms with van der Waals surface area (Å²) in [6.07, 6.45) is 1.24. The Morgan fingerprint density at radius 1 is 1.33 bits per heavy atom. The van der Waals surface area contributed by atoms with Crippen LogP contribution in [0.5, 0.6) is 0 Å². The number of hydrogen-bond donors (Lipinski definition) is 1. The van der Waals surface area contributed by atoms with Crippen molar-refractivity contribution in [3.63, 3.8) is 0 Å². The van der Waals surface area contributed by atoms with Crippen molar-refractivity contribution in [3.05, 3.63) is 0 Å². The second-order valence-electron chi connectivity index (χ2n) is 6.19. The van der Waals surface area contributed by atoms with Gasteiger partial charge in [-0.1, -0.05) is 0 Å². The van der Waals surface area contributed by atoms with E-state index in [4.69, 9.17) is 4.74 Å². The van der Waals surface area contributed by atoms with Crippen LogP contribution in [0.3, 0.4) is 0 Å². The number of halogens is 1. The van der Waals surface area contributed by atoms with Gasteiger partial charge in [-0.05, 0) is 46.6 Å². The van der Waals surface area contributed by atoms with Gasteiger partial charge in [0, 0.05) is 12.6 Å². The van der Waals surface area contributed by atoms with Crippen LogP contribution in [-0.2, 0) is 4.74 Å². The summed E-state index contributed by atoms with van der Waals surface area (Å²) in [5.41, 5.74) is -0.525. The van der Waals surface area contributed by atoms with E-state index >= 15 is 0 Å². The molecule has 1 amide bonds. The third-order valence-corrected chi connectivity index (χ3v) is 3.28. The lowest BCUT2D eigenvalue weighted by Gasteiger charge is -2.37. The highest BCUT2D eigenvalue weighted by Gasteiger charge is 2.43. The van der Waals surface area contributed by atoms with Crippen molar-refractivity contribution in [1.29, 1.82) is 0 Å². The van der Waals surface area contributed by atoms with Gasteiger partial charge in [0.15, 0.2) is 0 Å². The lowest BCUT2D eigenvalue weighted by atomic mass is 10.0. The Hall–Kier alpha value is -0.840. The molecule has 4 nitrogen and oxygen atoms in total. The molecule has 2 unspecified atom stereocenters. The molecule has 0 aromatic carbocycles. The molecule has 2 fully saturated rings. The fraction of sp³-hybridized carbons (Fsp3) is 0.923. The maximum absolute atomic E-state index is 14.0. The van der Waals surface area contributed by atoms with E-state index in [0.717, 1.165) is 19.4 Å². The van der Waals surface area contributed by atoms with E-state index < -0.39 is 11.8 Å². The predicted octanol–water partition coefficient (Wildman–Crippen LogP) is 2.09. The van der Waals surface area contributed by atoms with E-state index in [2.05, 4.69) is 5.32 Å². The summed E-state index contributed by atoms with van der Waals surface area (Å²) >= 11 is 0. The Bertz CT molecular complexity index is 313. The van der Waals surface area contributed by atoms with Gasteiger partial charge in [0.2, 0.25) is 0 Å². The molecule has 2 aliphatic rings. The van der Waals surface area contributed by atoms with Crippen LogP contribution in [0.15, 0.2) is 0 Å². The molecule has 5 heteroatoms. The topological polar surface area (TPSA) is 41.6 Å². The standard InChI is InChI=1S/C13H23FN2O2/c1-13(2,3)18-12(17)16(9-4-5-9)11-6-7-15-8-10(11)14/h9-11,15H,4-8H2,1-3H3. The molecule has 2 atom stereocenters. The van der Waals surface area contributed by atoms with Crippen molar-refractivity contribution in [2.24, 2.45) is 0 Å². The normalized spacial score (nSPS) is 28.9. The molecule has 18 heavy (non-hydrogen) atoms. The summed E-state index contributed by atoms with van der Waals surface area (Å²) in [4.78, 5) is 13.9. The minimum Gasteiger partial charge on any atom is -0.444 e. The highest BCUT2D eigenvalue weighted by atomic mass is 19.1. The molecule has 2 rings (SSSR count). The summed E-state index contributed by atoms with van der Waals surface area (Å²) in [5, 5.41) is 3.01. The van der Waals surface area contributed by atoms with Crippen LogP contribution < -0.4 is 5.32 Å². The third kappa shape index (κ3) is 3.34. The first-order chi connectivity index (χ1) is 8.38. The zero-order valence-electron chi connectivity index (χ0n) is 11.4. The van der Waals surface area contributed by atoms with Gasteiger partial charge in [-0.3, -0.25) is 4.90 Å². The van der Waals surface area contributed by atoms with Crippen LogP contribution >= 0.6 is 0 Å². The molecule has 0 radical (unpaired) electrons. The first-order valence-electron chi connectivity index (χ1n) is 6.74. The Kier molecular flexibility index (Phi) is 3.80. The van der Waals surface area contributed by atoms with Crippen LogP contribution in [0.1, 0.15) is 40.0 Å². The number of hydrogen-bond acceptors (Lipinski definition) is 3. The lowest BCUT2D eigenvalue weighted by molar-refractivity contribution is -0.00118. The van der Waals surface area contributed by atoms with E-state index in [1.165, 1.54) is 0 Å². The van der Waals surface area contributed by atoms with Gasteiger partial charge < -0.3 is 10.1 Å². The first-order valence-corrected chi connectivity index (χ1v) is 6.74. The molecule has 0 spiro atoms. The molecule has 0 aromatic heterocycles. The Labute approximate surface area is 108 Å². The molecule has 1 saturated heterocycles. The van der Waals surface area contributed by atoms with Gasteiger partial charge in [0.1, 0.15) is 11.8 Å². The summed E-state index contributed by atoms with van der Waals surface area (Å²) < 4.78 is 19.4. The first kappa shape index (κ1) is 13.6. The molecule has 1 saturated carbocycles. The SMILES string of the molecule is CC(C)(C)OC(=O)N(C1CC1)C1CCNCC1F. The summed E-state index contributed by atoms with van der Waals surface area (Å²) in [6, 6.07) is -0.144. The highest BCUT2D eigenvalue weighted by Crippen LogP contribution is 2.33. The fourth-order valence-corrected chi connectivity index (χ4v) is 2.34. The quantitative estimate of drug-likeness (QED) is 0.824. The van der Waals surface area contributed by atoms with Gasteiger partial charge in [0.05, 0.1) is 6.04 Å². The predicted molar refractivity (Wildman–Crippen MR) is 67.3 cm³/mol. The van der Waals surface area contributed by atoms with Crippen molar-refractivity contribution in [2.75, 3.05) is 13.1 Å².